The van der Waals surface area contributed by atoms with Gasteiger partial charge in [-0.05, 0) is 61.9 Å². The van der Waals surface area contributed by atoms with E-state index in [1.807, 2.05) is 0 Å². The van der Waals surface area contributed by atoms with Gasteiger partial charge in [-0.25, -0.2) is 0 Å². The van der Waals surface area contributed by atoms with Crippen molar-refractivity contribution >= 4 is 5.97 Å². The number of phenols is 1. The smallest absolute Gasteiger partial charge is 0.416 e. The molecule has 0 aliphatic heterocycles. The van der Waals surface area contributed by atoms with Gasteiger partial charge in [-0.15, -0.1) is 0 Å². The fourth-order valence-electron chi connectivity index (χ4n) is 2.97. The fraction of sp³-hybridized carbons (Fsp3) is 0.562. The molecule has 1 aromatic carbocycles. The summed E-state index contributed by atoms with van der Waals surface area (Å²) in [5.74, 6) is -1.09. The molecule has 1 saturated carbocycles. The van der Waals surface area contributed by atoms with E-state index in [0.29, 0.717) is 36.9 Å². The molecule has 0 aromatic heterocycles. The van der Waals surface area contributed by atoms with Crippen molar-refractivity contribution in [3.63, 3.8) is 0 Å². The van der Waals surface area contributed by atoms with Crippen LogP contribution in [0.1, 0.15) is 36.8 Å². The van der Waals surface area contributed by atoms with Crippen LogP contribution in [0, 0.1) is 11.8 Å². The molecule has 3 N–H and O–H groups in total. The Labute approximate surface area is 132 Å². The number of hydrogen-bond donors (Lipinski definition) is 3. The minimum absolute atomic E-state index is 0.232. The molecule has 1 fully saturated rings. The van der Waals surface area contributed by atoms with Gasteiger partial charge in [-0.2, -0.15) is 13.2 Å². The molecule has 0 saturated heterocycles. The number of hydrogen-bond acceptors (Lipinski definition) is 3. The number of halogens is 3. The largest absolute Gasteiger partial charge is 0.508 e. The van der Waals surface area contributed by atoms with E-state index >= 15 is 0 Å². The van der Waals surface area contributed by atoms with Crippen LogP contribution in [0.25, 0.3) is 0 Å². The van der Waals surface area contributed by atoms with Crippen LogP contribution in [-0.2, 0) is 17.5 Å². The molecule has 23 heavy (non-hydrogen) atoms. The van der Waals surface area contributed by atoms with Gasteiger partial charge in [0.2, 0.25) is 0 Å². The second-order valence-electron chi connectivity index (χ2n) is 6.07. The van der Waals surface area contributed by atoms with Gasteiger partial charge in [0.25, 0.3) is 0 Å². The predicted octanol–water partition coefficient (Wildman–Crippen LogP) is 3.39. The first-order chi connectivity index (χ1) is 10.8. The molecule has 0 bridgehead atoms. The van der Waals surface area contributed by atoms with Crippen LogP contribution in [-0.4, -0.2) is 22.7 Å². The quantitative estimate of drug-likeness (QED) is 0.773. The second-order valence-corrected chi connectivity index (χ2v) is 6.07. The van der Waals surface area contributed by atoms with E-state index in [9.17, 15) is 23.1 Å². The Morgan fingerprint density at radius 3 is 2.39 bits per heavy atom. The van der Waals surface area contributed by atoms with E-state index < -0.39 is 23.5 Å². The van der Waals surface area contributed by atoms with Gasteiger partial charge in [0.05, 0.1) is 11.5 Å². The maximum absolute atomic E-state index is 12.7. The minimum atomic E-state index is -4.48. The van der Waals surface area contributed by atoms with Crippen molar-refractivity contribution in [2.75, 3.05) is 6.54 Å². The number of carboxylic acid groups (broad SMARTS) is 1. The van der Waals surface area contributed by atoms with E-state index in [-0.39, 0.29) is 12.5 Å². The van der Waals surface area contributed by atoms with E-state index in [0.717, 1.165) is 18.9 Å². The molecule has 0 unspecified atom stereocenters. The topological polar surface area (TPSA) is 69.6 Å². The molecule has 128 valence electrons. The highest BCUT2D eigenvalue weighted by molar-refractivity contribution is 5.69. The first-order valence-corrected chi connectivity index (χ1v) is 7.59. The summed E-state index contributed by atoms with van der Waals surface area (Å²) in [6.45, 7) is 0.861. The molecular weight excluding hydrogens is 311 g/mol. The van der Waals surface area contributed by atoms with Gasteiger partial charge in [-0.3, -0.25) is 4.79 Å². The second kappa shape index (κ2) is 7.21. The average Bonchev–Trinajstić information content (AvgIpc) is 2.46. The summed E-state index contributed by atoms with van der Waals surface area (Å²) in [6.07, 6.45) is -1.59. The number of benzene rings is 1. The molecule has 0 atom stereocenters. The van der Waals surface area contributed by atoms with Crippen LogP contribution in [0.2, 0.25) is 0 Å². The lowest BCUT2D eigenvalue weighted by molar-refractivity contribution is -0.143. The highest BCUT2D eigenvalue weighted by Gasteiger charge is 2.31. The van der Waals surface area contributed by atoms with Crippen LogP contribution in [0.4, 0.5) is 13.2 Å². The minimum Gasteiger partial charge on any atom is -0.508 e. The molecule has 2 rings (SSSR count). The third kappa shape index (κ3) is 5.13. The van der Waals surface area contributed by atoms with Gasteiger partial charge >= 0.3 is 12.1 Å². The van der Waals surface area contributed by atoms with Crippen molar-refractivity contribution in [1.29, 1.82) is 0 Å². The molecule has 1 aliphatic rings. The van der Waals surface area contributed by atoms with Crippen LogP contribution in [0.15, 0.2) is 18.2 Å². The monoisotopic (exact) mass is 331 g/mol. The normalized spacial score (nSPS) is 22.0. The third-order valence-corrected chi connectivity index (χ3v) is 4.26. The number of carbonyl (C=O) groups is 1. The number of alkyl halides is 3. The maximum Gasteiger partial charge on any atom is 0.416 e. The number of carboxylic acids is 1. The zero-order chi connectivity index (χ0) is 17.0. The highest BCUT2D eigenvalue weighted by atomic mass is 19.4. The van der Waals surface area contributed by atoms with Gasteiger partial charge in [0.15, 0.2) is 0 Å². The van der Waals surface area contributed by atoms with Crippen molar-refractivity contribution in [1.82, 2.24) is 5.32 Å². The van der Waals surface area contributed by atoms with E-state index in [1.165, 1.54) is 6.07 Å². The SMILES string of the molecule is O=C(O)C1CCC(CNCc2cc(O)cc(C(F)(F)F)c2)CC1. The zero-order valence-electron chi connectivity index (χ0n) is 12.6. The molecule has 0 spiro atoms. The molecule has 0 amide bonds. The zero-order valence-corrected chi connectivity index (χ0v) is 12.6. The first kappa shape index (κ1) is 17.6. The Bertz CT molecular complexity index is 552. The summed E-state index contributed by atoms with van der Waals surface area (Å²) < 4.78 is 38.0. The molecule has 1 aromatic rings. The Morgan fingerprint density at radius 2 is 1.83 bits per heavy atom. The number of rotatable bonds is 5. The predicted molar refractivity (Wildman–Crippen MR) is 77.9 cm³/mol. The van der Waals surface area contributed by atoms with E-state index in [4.69, 9.17) is 5.11 Å². The van der Waals surface area contributed by atoms with Gasteiger partial charge < -0.3 is 15.5 Å². The van der Waals surface area contributed by atoms with Crippen molar-refractivity contribution in [2.45, 2.75) is 38.4 Å². The van der Waals surface area contributed by atoms with Crippen molar-refractivity contribution in [2.24, 2.45) is 11.8 Å². The maximum atomic E-state index is 12.7. The summed E-state index contributed by atoms with van der Waals surface area (Å²) in [5.41, 5.74) is -0.493. The lowest BCUT2D eigenvalue weighted by Crippen LogP contribution is -2.28. The molecule has 1 aliphatic carbocycles. The van der Waals surface area contributed by atoms with Crippen molar-refractivity contribution < 1.29 is 28.2 Å². The Kier molecular flexibility index (Phi) is 5.51. The Balaban J connectivity index is 1.83. The average molecular weight is 331 g/mol. The third-order valence-electron chi connectivity index (χ3n) is 4.26. The standard InChI is InChI=1S/C16H20F3NO3/c17-16(18,19)13-5-11(6-14(21)7-13)9-20-8-10-1-3-12(4-2-10)15(22)23/h5-7,10,12,20-21H,1-4,8-9H2,(H,22,23). The van der Waals surface area contributed by atoms with E-state index in [1.54, 1.807) is 0 Å². The molecule has 0 radical (unpaired) electrons. The Hall–Kier alpha value is -1.76. The molecular formula is C16H20F3NO3. The number of aliphatic carboxylic acids is 1. The molecule has 7 heteroatoms. The highest BCUT2D eigenvalue weighted by Crippen LogP contribution is 2.32. The number of nitrogens with one attached hydrogen (secondary N) is 1. The fourth-order valence-corrected chi connectivity index (χ4v) is 2.97. The van der Waals surface area contributed by atoms with Crippen LogP contribution in [0.5, 0.6) is 5.75 Å². The Morgan fingerprint density at radius 1 is 1.17 bits per heavy atom. The van der Waals surface area contributed by atoms with Crippen molar-refractivity contribution in [3.05, 3.63) is 29.3 Å². The summed E-state index contributed by atoms with van der Waals surface area (Å²) in [5, 5.41) is 21.4. The van der Waals surface area contributed by atoms with Gasteiger partial charge in [0, 0.05) is 6.54 Å². The lowest BCUT2D eigenvalue weighted by atomic mass is 9.82. The first-order valence-electron chi connectivity index (χ1n) is 7.59. The van der Waals surface area contributed by atoms with Crippen LogP contribution >= 0.6 is 0 Å². The van der Waals surface area contributed by atoms with E-state index in [2.05, 4.69) is 5.32 Å². The lowest BCUT2D eigenvalue weighted by Gasteiger charge is -2.26. The van der Waals surface area contributed by atoms with Gasteiger partial charge in [-0.1, -0.05) is 0 Å². The summed E-state index contributed by atoms with van der Waals surface area (Å²) >= 11 is 0. The summed E-state index contributed by atoms with van der Waals surface area (Å²) in [4.78, 5) is 10.9. The number of aromatic hydroxyl groups is 1. The summed E-state index contributed by atoms with van der Waals surface area (Å²) in [7, 11) is 0. The number of phenolic OH excluding ortho intramolecular Hbond substituents is 1. The van der Waals surface area contributed by atoms with Crippen LogP contribution < -0.4 is 5.32 Å². The van der Waals surface area contributed by atoms with Crippen molar-refractivity contribution in [3.8, 4) is 5.75 Å². The molecule has 4 nitrogen and oxygen atoms in total. The van der Waals surface area contributed by atoms with Gasteiger partial charge in [0.1, 0.15) is 5.75 Å². The summed E-state index contributed by atoms with van der Waals surface area (Å²) in [6, 6.07) is 3.04. The van der Waals surface area contributed by atoms with Crippen LogP contribution in [0.3, 0.4) is 0 Å². The molecule has 0 heterocycles.